The van der Waals surface area contributed by atoms with E-state index >= 15 is 13.2 Å². The van der Waals surface area contributed by atoms with Crippen LogP contribution in [0.3, 0.4) is 0 Å². The van der Waals surface area contributed by atoms with Crippen LogP contribution < -0.4 is 0 Å². The summed E-state index contributed by atoms with van der Waals surface area (Å²) >= 11 is 0. The van der Waals surface area contributed by atoms with Gasteiger partial charge < -0.3 is 18.3 Å². The summed E-state index contributed by atoms with van der Waals surface area (Å²) in [6.45, 7) is 15.9. The first-order valence-electron chi connectivity index (χ1n) is 32.0. The number of nitriles is 1. The van der Waals surface area contributed by atoms with Crippen molar-refractivity contribution in [3.63, 3.8) is 0 Å². The number of aromatic nitrogens is 4. The number of hydrogen-bond donors (Lipinski definition) is 0. The maximum atomic E-state index is 15.3. The zero-order valence-corrected chi connectivity index (χ0v) is 54.4. The molecule has 0 saturated carbocycles. The molecule has 0 amide bonds. The average molecular weight is 1310 g/mol. The highest BCUT2D eigenvalue weighted by Crippen LogP contribution is 2.49. The quantitative estimate of drug-likeness (QED) is 0.153. The molecule has 0 fully saturated rings. The van der Waals surface area contributed by atoms with Crippen molar-refractivity contribution in [2.75, 3.05) is 0 Å². The van der Waals surface area contributed by atoms with Gasteiger partial charge in [0.25, 0.3) is 0 Å². The number of fused-ring (bicyclic) bond motifs is 12. The number of hydrogen-bond acceptors (Lipinski definition) is 1. The van der Waals surface area contributed by atoms with E-state index in [1.54, 1.807) is 18.2 Å². The summed E-state index contributed by atoms with van der Waals surface area (Å²) in [6, 6.07) is 67.0. The number of halogens is 9. The summed E-state index contributed by atoms with van der Waals surface area (Å²) in [5, 5.41) is 18.2. The van der Waals surface area contributed by atoms with E-state index < -0.39 is 46.3 Å². The largest absolute Gasteiger partial charge is 0.417 e. The van der Waals surface area contributed by atoms with Gasteiger partial charge in [-0.05, 0) is 202 Å². The molecule has 0 atom stereocenters. The molecule has 14 heteroatoms. The molecule has 0 spiro atoms. The maximum Gasteiger partial charge on any atom is 0.417 e. The van der Waals surface area contributed by atoms with Crippen LogP contribution in [0.2, 0.25) is 0 Å². The van der Waals surface area contributed by atoms with E-state index in [9.17, 15) is 31.6 Å². The van der Waals surface area contributed by atoms with Crippen molar-refractivity contribution in [3.05, 3.63) is 285 Å². The fourth-order valence-corrected chi connectivity index (χ4v) is 14.6. The van der Waals surface area contributed by atoms with Crippen molar-refractivity contribution in [1.82, 2.24) is 18.3 Å². The Labute approximate surface area is 557 Å². The van der Waals surface area contributed by atoms with Gasteiger partial charge in [0.15, 0.2) is 0 Å². The highest BCUT2D eigenvalue weighted by Gasteiger charge is 2.40. The number of rotatable bonds is 6. The Morgan fingerprint density at radius 3 is 0.724 bits per heavy atom. The zero-order chi connectivity index (χ0) is 68.8. The van der Waals surface area contributed by atoms with Gasteiger partial charge in [-0.1, -0.05) is 133 Å². The molecule has 5 nitrogen and oxygen atoms in total. The highest BCUT2D eigenvalue weighted by molar-refractivity contribution is 6.14. The number of benzene rings is 12. The van der Waals surface area contributed by atoms with Crippen LogP contribution in [0.5, 0.6) is 0 Å². The van der Waals surface area contributed by atoms with Crippen LogP contribution in [0.4, 0.5) is 39.5 Å². The highest BCUT2D eigenvalue weighted by atomic mass is 19.4. The predicted octanol–water partition coefficient (Wildman–Crippen LogP) is 24.5. The van der Waals surface area contributed by atoms with Gasteiger partial charge in [-0.3, -0.25) is 0 Å². The van der Waals surface area contributed by atoms with E-state index in [0.29, 0.717) is 28.1 Å². The first-order chi connectivity index (χ1) is 46.7. The first-order valence-corrected chi connectivity index (χ1v) is 32.0. The van der Waals surface area contributed by atoms with Gasteiger partial charge in [0, 0.05) is 48.7 Å². The van der Waals surface area contributed by atoms with Crippen LogP contribution in [-0.4, -0.2) is 18.3 Å². The summed E-state index contributed by atoms with van der Waals surface area (Å²) in [5.41, 5.74) is 12.7. The lowest BCUT2D eigenvalue weighted by molar-refractivity contribution is -0.139. The second-order valence-electron chi connectivity index (χ2n) is 26.0. The number of aryl methyl sites for hydroxylation is 8. The molecule has 0 N–H and O–H groups in total. The molecule has 12 aromatic carbocycles. The van der Waals surface area contributed by atoms with E-state index in [2.05, 4.69) is 88.0 Å². The third-order valence-electron chi connectivity index (χ3n) is 19.0. The lowest BCUT2D eigenvalue weighted by atomic mass is 9.93. The van der Waals surface area contributed by atoms with Crippen molar-refractivity contribution >= 4 is 87.2 Å². The van der Waals surface area contributed by atoms with Gasteiger partial charge in [-0.2, -0.15) is 44.8 Å². The monoisotopic (exact) mass is 1310 g/mol. The van der Waals surface area contributed by atoms with Gasteiger partial charge in [-0.25, -0.2) is 0 Å². The smallest absolute Gasteiger partial charge is 0.307 e. The molecule has 0 bridgehead atoms. The number of nitrogens with zero attached hydrogens (tertiary/aromatic N) is 5. The molecule has 0 saturated heterocycles. The van der Waals surface area contributed by atoms with Crippen molar-refractivity contribution in [1.29, 1.82) is 5.26 Å². The SMILES string of the molecule is Cc1ccc2c3ccc(C)cc3n(-c3cc(-c4ccccc4C(F)(F)F)c(C(F)(F)F)cc3-n3c4cc(C)ccc4c4ccc(C)cc43)c2c1.Cc1ccc2c3ccc(C)cc3n(-c3cc(C#N)c(-c4ccccc4C(F)(F)F)cc3-n3c4cc(C)ccc4c4ccc(C)cc43)c2c1. The predicted molar refractivity (Wildman–Crippen MR) is 379 cm³/mol. The van der Waals surface area contributed by atoms with Gasteiger partial charge in [-0.15, -0.1) is 0 Å². The summed E-state index contributed by atoms with van der Waals surface area (Å²) in [4.78, 5) is 0. The fourth-order valence-electron chi connectivity index (χ4n) is 14.6. The zero-order valence-electron chi connectivity index (χ0n) is 54.4. The molecular weight excluding hydrogens is 1250 g/mol. The Balaban J connectivity index is 0.000000160. The van der Waals surface area contributed by atoms with Gasteiger partial charge in [0.05, 0.1) is 95.2 Å². The van der Waals surface area contributed by atoms with Crippen molar-refractivity contribution in [2.24, 2.45) is 0 Å². The minimum absolute atomic E-state index is 0.0311. The van der Waals surface area contributed by atoms with Crippen molar-refractivity contribution in [2.45, 2.75) is 73.9 Å². The molecular formula is C84H60F9N5. The van der Waals surface area contributed by atoms with Crippen LogP contribution >= 0.6 is 0 Å². The molecule has 0 unspecified atom stereocenters. The lowest BCUT2D eigenvalue weighted by Crippen LogP contribution is -2.14. The Bertz CT molecular complexity index is 5840. The van der Waals surface area contributed by atoms with Gasteiger partial charge in [0.2, 0.25) is 0 Å². The van der Waals surface area contributed by atoms with Crippen molar-refractivity contribution in [3.8, 4) is 51.1 Å². The standard InChI is InChI=1S/C42H30F6N2.C42H30F3N3/c1-23-9-13-28-29-14-10-24(2)18-36(29)49(35(28)17-23)39-21-32(27-7-5-6-8-33(27)41(43,44)45)34(42(46,47)48)22-40(39)50-37-19-25(3)11-15-30(37)31-16-12-26(4)20-38(31)50;1-24-9-13-30-31-14-10-25(2)18-37(31)47(36(30)17-24)40-21-28(23-46)34(29-7-5-6-8-35(29)42(43,44)45)22-41(40)48-38-19-26(3)11-15-32(38)33-16-12-27(4)20-39(33)48/h5-22H,1-4H3;5-22H,1-4H3. The molecule has 4 heterocycles. The third-order valence-corrected chi connectivity index (χ3v) is 19.0. The molecule has 0 aliphatic rings. The van der Waals surface area contributed by atoms with Crippen LogP contribution in [0, 0.1) is 66.7 Å². The number of alkyl halides is 9. The topological polar surface area (TPSA) is 43.5 Å². The normalized spacial score (nSPS) is 12.3. The Morgan fingerprint density at radius 2 is 0.469 bits per heavy atom. The molecule has 16 rings (SSSR count). The molecule has 0 aliphatic heterocycles. The van der Waals surface area contributed by atoms with Crippen LogP contribution in [0.1, 0.15) is 66.8 Å². The van der Waals surface area contributed by atoms with E-state index in [0.717, 1.165) is 145 Å². The van der Waals surface area contributed by atoms with E-state index in [1.807, 2.05) is 137 Å². The minimum atomic E-state index is -4.99. The third kappa shape index (κ3) is 10.4. The summed E-state index contributed by atoms with van der Waals surface area (Å²) < 4.78 is 141. The summed E-state index contributed by atoms with van der Waals surface area (Å²) in [6.07, 6.45) is -14.5. The molecule has 484 valence electrons. The van der Waals surface area contributed by atoms with Gasteiger partial charge >= 0.3 is 18.5 Å². The van der Waals surface area contributed by atoms with Crippen molar-refractivity contribution < 1.29 is 39.5 Å². The van der Waals surface area contributed by atoms with Gasteiger partial charge in [0.1, 0.15) is 0 Å². The molecule has 98 heavy (non-hydrogen) atoms. The second kappa shape index (κ2) is 22.9. The summed E-state index contributed by atoms with van der Waals surface area (Å²) in [5.74, 6) is 0. The molecule has 0 aliphatic carbocycles. The minimum Gasteiger partial charge on any atom is -0.307 e. The Morgan fingerprint density at radius 1 is 0.245 bits per heavy atom. The lowest BCUT2D eigenvalue weighted by Gasteiger charge is -2.23. The van der Waals surface area contributed by atoms with Crippen LogP contribution in [0.15, 0.2) is 218 Å². The molecule has 0 radical (unpaired) electrons. The summed E-state index contributed by atoms with van der Waals surface area (Å²) in [7, 11) is 0. The van der Waals surface area contributed by atoms with E-state index in [4.69, 9.17) is 0 Å². The molecule has 4 aromatic heterocycles. The van der Waals surface area contributed by atoms with E-state index in [1.165, 1.54) is 30.3 Å². The first kappa shape index (κ1) is 62.8. The Hall–Kier alpha value is -11.3. The Kier molecular flexibility index (Phi) is 14.7. The second-order valence-corrected chi connectivity index (χ2v) is 26.0. The van der Waals surface area contributed by atoms with Crippen LogP contribution in [-0.2, 0) is 18.5 Å². The molecule has 16 aromatic rings. The van der Waals surface area contributed by atoms with Crippen LogP contribution in [0.25, 0.3) is 132 Å². The van der Waals surface area contributed by atoms with E-state index in [-0.39, 0.29) is 22.4 Å². The fraction of sp³-hybridized carbons (Fsp3) is 0.131. The average Bonchev–Trinajstić information content (AvgIpc) is 1.53. The maximum absolute atomic E-state index is 15.3.